The van der Waals surface area contributed by atoms with Gasteiger partial charge in [0.25, 0.3) is 0 Å². The van der Waals surface area contributed by atoms with E-state index in [-0.39, 0.29) is 12.6 Å². The second-order valence-corrected chi connectivity index (χ2v) is 7.10. The summed E-state index contributed by atoms with van der Waals surface area (Å²) in [5.74, 6) is 0.826. The summed E-state index contributed by atoms with van der Waals surface area (Å²) < 4.78 is 17.5. The van der Waals surface area contributed by atoms with Gasteiger partial charge in [0.1, 0.15) is 6.35 Å². The molecule has 2 aromatic heterocycles. The van der Waals surface area contributed by atoms with Crippen LogP contribution in [0.1, 0.15) is 19.3 Å². The van der Waals surface area contributed by atoms with Gasteiger partial charge in [-0.1, -0.05) is 0 Å². The average molecular weight is 342 g/mol. The summed E-state index contributed by atoms with van der Waals surface area (Å²) in [6, 6.07) is 0.429. The third-order valence-electron chi connectivity index (χ3n) is 3.35. The van der Waals surface area contributed by atoms with Gasteiger partial charge in [-0.2, -0.15) is 9.97 Å². The van der Waals surface area contributed by atoms with Gasteiger partial charge >= 0.3 is 7.60 Å². The smallest absolute Gasteiger partial charge is 0.350 e. The molecule has 0 saturated heterocycles. The first kappa shape index (κ1) is 16.1. The van der Waals surface area contributed by atoms with Crippen molar-refractivity contribution in [1.82, 2.24) is 19.5 Å². The summed E-state index contributed by atoms with van der Waals surface area (Å²) in [6.07, 6.45) is 3.88. The monoisotopic (exact) mass is 342 g/mol. The van der Waals surface area contributed by atoms with Crippen molar-refractivity contribution in [3.8, 4) is 0 Å². The molecule has 1 fully saturated rings. The average Bonchev–Trinajstić information content (AvgIpc) is 3.17. The third kappa shape index (κ3) is 4.38. The van der Waals surface area contributed by atoms with E-state index < -0.39 is 13.9 Å². The van der Waals surface area contributed by atoms with Crippen LogP contribution < -0.4 is 11.1 Å². The maximum atomic E-state index is 10.7. The molecule has 1 saturated carbocycles. The lowest BCUT2D eigenvalue weighted by Gasteiger charge is -2.08. The highest BCUT2D eigenvalue weighted by Crippen LogP contribution is 2.33. The van der Waals surface area contributed by atoms with Crippen molar-refractivity contribution in [2.24, 2.45) is 0 Å². The SMILES string of the molecule is Nc1nc(NC2CC2)c2ncn(CCCOCP(=O)(O)O)c2n1. The molecule has 0 unspecified atom stereocenters. The van der Waals surface area contributed by atoms with Gasteiger partial charge in [0.2, 0.25) is 5.95 Å². The molecule has 0 bridgehead atoms. The Morgan fingerprint density at radius 2 is 2.22 bits per heavy atom. The van der Waals surface area contributed by atoms with Gasteiger partial charge in [0, 0.05) is 19.2 Å². The number of anilines is 2. The van der Waals surface area contributed by atoms with Crippen molar-refractivity contribution in [3.63, 3.8) is 0 Å². The molecule has 0 radical (unpaired) electrons. The predicted molar refractivity (Wildman–Crippen MR) is 83.9 cm³/mol. The van der Waals surface area contributed by atoms with Crippen LogP contribution in [0.5, 0.6) is 0 Å². The van der Waals surface area contributed by atoms with Gasteiger partial charge in [0.05, 0.1) is 6.33 Å². The second kappa shape index (κ2) is 6.40. The van der Waals surface area contributed by atoms with Crippen LogP contribution in [-0.4, -0.2) is 48.3 Å². The molecule has 2 aromatic rings. The molecule has 0 aromatic carbocycles. The fourth-order valence-corrected chi connectivity index (χ4v) is 2.53. The Kier molecular flexibility index (Phi) is 4.49. The van der Waals surface area contributed by atoms with Crippen LogP contribution in [0.4, 0.5) is 11.8 Å². The minimum Gasteiger partial charge on any atom is -0.369 e. The normalized spacial score (nSPS) is 15.2. The van der Waals surface area contributed by atoms with Crippen molar-refractivity contribution in [2.45, 2.75) is 31.8 Å². The quantitative estimate of drug-likeness (QED) is 0.398. The van der Waals surface area contributed by atoms with Gasteiger partial charge in [-0.25, -0.2) is 4.98 Å². The fraction of sp³-hybridized carbons (Fsp3) is 0.583. The molecule has 0 spiro atoms. The van der Waals surface area contributed by atoms with Crippen LogP contribution in [0, 0.1) is 0 Å². The Bertz CT molecular complexity index is 740. The molecule has 11 heteroatoms. The molecule has 0 aliphatic heterocycles. The lowest BCUT2D eigenvalue weighted by Crippen LogP contribution is -2.08. The molecule has 10 nitrogen and oxygen atoms in total. The molecule has 3 rings (SSSR count). The molecule has 0 amide bonds. The van der Waals surface area contributed by atoms with E-state index in [1.165, 1.54) is 0 Å². The Hall–Kier alpha value is -1.74. The summed E-state index contributed by atoms with van der Waals surface area (Å²) in [5.41, 5.74) is 7.06. The summed E-state index contributed by atoms with van der Waals surface area (Å²) in [6.45, 7) is 0.787. The first-order valence-corrected chi connectivity index (χ1v) is 9.09. The summed E-state index contributed by atoms with van der Waals surface area (Å²) in [5, 5.41) is 3.29. The molecule has 126 valence electrons. The highest BCUT2D eigenvalue weighted by Gasteiger charge is 2.23. The van der Waals surface area contributed by atoms with Crippen molar-refractivity contribution < 1.29 is 19.1 Å². The van der Waals surface area contributed by atoms with Crippen LogP contribution >= 0.6 is 7.60 Å². The van der Waals surface area contributed by atoms with Crippen LogP contribution in [0.2, 0.25) is 0 Å². The first-order chi connectivity index (χ1) is 10.9. The number of aromatic nitrogens is 4. The number of hydrogen-bond donors (Lipinski definition) is 4. The van der Waals surface area contributed by atoms with E-state index in [1.807, 2.05) is 4.57 Å². The van der Waals surface area contributed by atoms with Crippen LogP contribution in [0.3, 0.4) is 0 Å². The molecule has 5 N–H and O–H groups in total. The number of fused-ring (bicyclic) bond motifs is 1. The molecule has 0 atom stereocenters. The van der Waals surface area contributed by atoms with Gasteiger partial charge in [0.15, 0.2) is 17.0 Å². The van der Waals surface area contributed by atoms with Crippen molar-refractivity contribution in [2.75, 3.05) is 24.0 Å². The van der Waals surface area contributed by atoms with Crippen molar-refractivity contribution in [1.29, 1.82) is 0 Å². The Morgan fingerprint density at radius 3 is 2.91 bits per heavy atom. The molecule has 23 heavy (non-hydrogen) atoms. The Balaban J connectivity index is 1.64. The second-order valence-electron chi connectivity index (χ2n) is 5.51. The maximum absolute atomic E-state index is 10.7. The number of aryl methyl sites for hydroxylation is 1. The van der Waals surface area contributed by atoms with Crippen molar-refractivity contribution >= 4 is 30.5 Å². The number of rotatable bonds is 8. The molecule has 1 aliphatic carbocycles. The summed E-state index contributed by atoms with van der Waals surface area (Å²) >= 11 is 0. The Morgan fingerprint density at radius 1 is 1.43 bits per heavy atom. The highest BCUT2D eigenvalue weighted by atomic mass is 31.2. The number of nitrogens with one attached hydrogen (secondary N) is 1. The predicted octanol–water partition coefficient (Wildman–Crippen LogP) is 0.525. The van der Waals surface area contributed by atoms with Gasteiger partial charge in [-0.3, -0.25) is 4.57 Å². The van der Waals surface area contributed by atoms with Gasteiger partial charge in [-0.05, 0) is 19.3 Å². The number of nitrogens with zero attached hydrogens (tertiary/aromatic N) is 4. The highest BCUT2D eigenvalue weighted by molar-refractivity contribution is 7.51. The molecule has 2 heterocycles. The van der Waals surface area contributed by atoms with E-state index in [9.17, 15) is 4.57 Å². The zero-order valence-corrected chi connectivity index (χ0v) is 13.3. The van der Waals surface area contributed by atoms with E-state index >= 15 is 0 Å². The van der Waals surface area contributed by atoms with E-state index in [0.717, 1.165) is 12.8 Å². The number of nitrogens with two attached hydrogens (primary N) is 1. The summed E-state index contributed by atoms with van der Waals surface area (Å²) in [7, 11) is -4.11. The van der Waals surface area contributed by atoms with Gasteiger partial charge in [-0.15, -0.1) is 0 Å². The van der Waals surface area contributed by atoms with E-state index in [0.29, 0.717) is 36.0 Å². The van der Waals surface area contributed by atoms with Gasteiger partial charge < -0.3 is 30.1 Å². The number of imidazole rings is 1. The van der Waals surface area contributed by atoms with Crippen molar-refractivity contribution in [3.05, 3.63) is 6.33 Å². The fourth-order valence-electron chi connectivity index (χ4n) is 2.17. The maximum Gasteiger partial charge on any atom is 0.350 e. The first-order valence-electron chi connectivity index (χ1n) is 7.29. The lowest BCUT2D eigenvalue weighted by atomic mass is 10.4. The minimum atomic E-state index is -4.11. The van der Waals surface area contributed by atoms with Crippen LogP contribution in [0.15, 0.2) is 6.33 Å². The van der Waals surface area contributed by atoms with Crippen LogP contribution in [-0.2, 0) is 15.8 Å². The zero-order chi connectivity index (χ0) is 16.4. The number of ether oxygens (including phenoxy) is 1. The number of nitrogen functional groups attached to an aromatic ring is 1. The molecule has 1 aliphatic rings. The largest absolute Gasteiger partial charge is 0.369 e. The van der Waals surface area contributed by atoms with E-state index in [1.54, 1.807) is 6.33 Å². The molecular formula is C12H19N6O4P. The number of hydrogen-bond acceptors (Lipinski definition) is 7. The minimum absolute atomic E-state index is 0.181. The van der Waals surface area contributed by atoms with E-state index in [4.69, 9.17) is 20.3 Å². The lowest BCUT2D eigenvalue weighted by molar-refractivity contribution is 0.151. The van der Waals surface area contributed by atoms with Crippen LogP contribution in [0.25, 0.3) is 11.2 Å². The standard InChI is InChI=1S/C12H19N6O4P/c13-12-16-10(15-8-2-3-8)9-11(17-12)18(6-14-9)4-1-5-22-7-23(19,20)21/h6,8H,1-5,7H2,(H2,19,20,21)(H3,13,15,16,17). The van der Waals surface area contributed by atoms with E-state index in [2.05, 4.69) is 20.3 Å². The zero-order valence-electron chi connectivity index (χ0n) is 12.4. The summed E-state index contributed by atoms with van der Waals surface area (Å²) in [4.78, 5) is 30.2. The third-order valence-corrected chi connectivity index (χ3v) is 3.87. The molecular weight excluding hydrogens is 323 g/mol. The topological polar surface area (TPSA) is 148 Å². The Labute approximate surface area is 132 Å².